The van der Waals surface area contributed by atoms with E-state index in [0.29, 0.717) is 0 Å². The Morgan fingerprint density at radius 2 is 1.69 bits per heavy atom. The molecule has 5 heteroatoms. The zero-order valence-corrected chi connectivity index (χ0v) is 15.7. The van der Waals surface area contributed by atoms with Crippen molar-refractivity contribution in [3.05, 3.63) is 59.1 Å². The van der Waals surface area contributed by atoms with Gasteiger partial charge in [0.2, 0.25) is 5.95 Å². The lowest BCUT2D eigenvalue weighted by Crippen LogP contribution is -2.31. The molecule has 4 nitrogen and oxygen atoms in total. The first-order valence-electron chi connectivity index (χ1n) is 9.24. The van der Waals surface area contributed by atoms with E-state index in [4.69, 9.17) is 21.6 Å². The second-order valence-electron chi connectivity index (χ2n) is 6.85. The highest BCUT2D eigenvalue weighted by Crippen LogP contribution is 2.28. The van der Waals surface area contributed by atoms with Crippen LogP contribution in [-0.4, -0.2) is 23.1 Å². The van der Waals surface area contributed by atoms with Gasteiger partial charge >= 0.3 is 0 Å². The molecule has 1 aliphatic heterocycles. The minimum Gasteiger partial charge on any atom is -0.363 e. The molecule has 0 unspecified atom stereocenters. The molecule has 26 heavy (non-hydrogen) atoms. The molecule has 0 saturated carbocycles. The molecule has 0 radical (unpaired) electrons. The minimum atomic E-state index is 0.125. The molecule has 1 aliphatic rings. The van der Waals surface area contributed by atoms with Crippen LogP contribution in [0.2, 0.25) is 5.02 Å². The maximum atomic E-state index is 6.01. The normalized spacial score (nSPS) is 15.8. The van der Waals surface area contributed by atoms with Crippen molar-refractivity contribution >= 4 is 34.3 Å². The van der Waals surface area contributed by atoms with Crippen molar-refractivity contribution in [2.75, 3.05) is 23.3 Å². The number of benzene rings is 2. The number of halogens is 1. The smallest absolute Gasteiger partial charge is 0.227 e. The van der Waals surface area contributed by atoms with E-state index in [1.165, 1.54) is 24.8 Å². The maximum absolute atomic E-state index is 6.01. The van der Waals surface area contributed by atoms with Crippen LogP contribution in [0.3, 0.4) is 0 Å². The van der Waals surface area contributed by atoms with Crippen molar-refractivity contribution in [1.29, 1.82) is 0 Å². The highest BCUT2D eigenvalue weighted by molar-refractivity contribution is 6.30. The van der Waals surface area contributed by atoms with Gasteiger partial charge in [0.15, 0.2) is 0 Å². The molecule has 1 N–H and O–H groups in total. The van der Waals surface area contributed by atoms with Crippen LogP contribution in [-0.2, 0) is 0 Å². The number of rotatable bonds is 4. The van der Waals surface area contributed by atoms with Crippen LogP contribution < -0.4 is 10.2 Å². The quantitative estimate of drug-likeness (QED) is 0.666. The Hall–Kier alpha value is -2.33. The van der Waals surface area contributed by atoms with Gasteiger partial charge in [-0.15, -0.1) is 0 Å². The molecular formula is C21H23ClN4. The predicted molar refractivity (Wildman–Crippen MR) is 109 cm³/mol. The number of aromatic nitrogens is 2. The van der Waals surface area contributed by atoms with Crippen LogP contribution in [0, 0.1) is 0 Å². The zero-order chi connectivity index (χ0) is 17.9. The maximum Gasteiger partial charge on any atom is 0.227 e. The number of nitrogens with one attached hydrogen (secondary N) is 1. The van der Waals surface area contributed by atoms with Crippen molar-refractivity contribution in [2.24, 2.45) is 0 Å². The summed E-state index contributed by atoms with van der Waals surface area (Å²) < 4.78 is 0. The number of piperidine rings is 1. The Kier molecular flexibility index (Phi) is 4.93. The summed E-state index contributed by atoms with van der Waals surface area (Å²) in [5.41, 5.74) is 2.16. The lowest BCUT2D eigenvalue weighted by atomic mass is 10.1. The lowest BCUT2D eigenvalue weighted by Gasteiger charge is -2.27. The Labute approximate surface area is 159 Å². The van der Waals surface area contributed by atoms with Crippen molar-refractivity contribution in [2.45, 2.75) is 32.2 Å². The molecule has 4 rings (SSSR count). The van der Waals surface area contributed by atoms with Crippen LogP contribution in [0.1, 0.15) is 37.8 Å². The summed E-state index contributed by atoms with van der Waals surface area (Å²) in [7, 11) is 0. The van der Waals surface area contributed by atoms with Crippen molar-refractivity contribution in [3.63, 3.8) is 0 Å². The fourth-order valence-electron chi connectivity index (χ4n) is 3.45. The van der Waals surface area contributed by atoms with Gasteiger partial charge in [-0.2, -0.15) is 4.98 Å². The van der Waals surface area contributed by atoms with Crippen molar-refractivity contribution < 1.29 is 0 Å². The fourth-order valence-corrected chi connectivity index (χ4v) is 3.58. The molecule has 1 aromatic heterocycles. The second kappa shape index (κ2) is 7.50. The molecule has 0 bridgehead atoms. The molecule has 1 fully saturated rings. The Morgan fingerprint density at radius 3 is 2.46 bits per heavy atom. The van der Waals surface area contributed by atoms with Gasteiger partial charge in [-0.05, 0) is 56.0 Å². The molecule has 0 spiro atoms. The Bertz CT molecular complexity index is 888. The van der Waals surface area contributed by atoms with Gasteiger partial charge in [0.05, 0.1) is 5.52 Å². The third-order valence-electron chi connectivity index (χ3n) is 4.95. The van der Waals surface area contributed by atoms with E-state index < -0.39 is 0 Å². The van der Waals surface area contributed by atoms with Gasteiger partial charge in [0.25, 0.3) is 0 Å². The third-order valence-corrected chi connectivity index (χ3v) is 5.21. The zero-order valence-electron chi connectivity index (χ0n) is 15.0. The van der Waals surface area contributed by atoms with Gasteiger partial charge in [-0.25, -0.2) is 4.98 Å². The second-order valence-corrected chi connectivity index (χ2v) is 7.29. The number of hydrogen-bond acceptors (Lipinski definition) is 4. The SMILES string of the molecule is C[C@@H](Nc1nc(N2CCCCC2)nc2ccccc12)c1ccc(Cl)cc1. The standard InChI is InChI=1S/C21H23ClN4/c1-15(16-9-11-17(22)12-10-16)23-20-18-7-3-4-8-19(18)24-21(25-20)26-13-5-2-6-14-26/h3-4,7-12,15H,2,5-6,13-14H2,1H3,(H,23,24,25)/t15-/m1/s1. The molecule has 134 valence electrons. The van der Waals surface area contributed by atoms with Gasteiger partial charge in [-0.1, -0.05) is 35.9 Å². The fraction of sp³-hybridized carbons (Fsp3) is 0.333. The summed E-state index contributed by atoms with van der Waals surface area (Å²) in [5.74, 6) is 1.72. The van der Waals surface area contributed by atoms with E-state index >= 15 is 0 Å². The number of anilines is 2. The van der Waals surface area contributed by atoms with E-state index in [9.17, 15) is 0 Å². The Morgan fingerprint density at radius 1 is 0.962 bits per heavy atom. The molecule has 2 aromatic carbocycles. The topological polar surface area (TPSA) is 41.1 Å². The van der Waals surface area contributed by atoms with Gasteiger partial charge < -0.3 is 10.2 Å². The number of hydrogen-bond donors (Lipinski definition) is 1. The van der Waals surface area contributed by atoms with Crippen molar-refractivity contribution in [3.8, 4) is 0 Å². The summed E-state index contributed by atoms with van der Waals surface area (Å²) in [6.07, 6.45) is 3.71. The summed E-state index contributed by atoms with van der Waals surface area (Å²) in [4.78, 5) is 12.0. The van der Waals surface area contributed by atoms with E-state index in [2.05, 4.69) is 41.4 Å². The monoisotopic (exact) mass is 366 g/mol. The first kappa shape index (κ1) is 17.1. The third kappa shape index (κ3) is 3.61. The van der Waals surface area contributed by atoms with E-state index in [1.54, 1.807) is 0 Å². The number of para-hydroxylation sites is 1. The lowest BCUT2D eigenvalue weighted by molar-refractivity contribution is 0.569. The van der Waals surface area contributed by atoms with Crippen LogP contribution in [0.25, 0.3) is 10.9 Å². The van der Waals surface area contributed by atoms with Crippen LogP contribution in [0.15, 0.2) is 48.5 Å². The molecule has 0 aliphatic carbocycles. The first-order chi connectivity index (χ1) is 12.7. The molecule has 1 atom stereocenters. The van der Waals surface area contributed by atoms with Gasteiger partial charge in [0.1, 0.15) is 5.82 Å². The van der Waals surface area contributed by atoms with Crippen LogP contribution >= 0.6 is 11.6 Å². The van der Waals surface area contributed by atoms with E-state index in [-0.39, 0.29) is 6.04 Å². The Balaban J connectivity index is 1.69. The molecule has 0 amide bonds. The predicted octanol–water partition coefficient (Wildman–Crippen LogP) is 5.45. The highest BCUT2D eigenvalue weighted by Gasteiger charge is 2.17. The van der Waals surface area contributed by atoms with Crippen LogP contribution in [0.5, 0.6) is 0 Å². The summed E-state index contributed by atoms with van der Waals surface area (Å²) >= 11 is 6.01. The van der Waals surface area contributed by atoms with Gasteiger partial charge in [-0.3, -0.25) is 0 Å². The van der Waals surface area contributed by atoms with E-state index in [1.807, 2.05) is 24.3 Å². The molecular weight excluding hydrogens is 344 g/mol. The molecule has 2 heterocycles. The molecule has 1 saturated heterocycles. The van der Waals surface area contributed by atoms with E-state index in [0.717, 1.165) is 40.8 Å². The summed E-state index contributed by atoms with van der Waals surface area (Å²) in [6.45, 7) is 4.20. The average molecular weight is 367 g/mol. The van der Waals surface area contributed by atoms with Crippen molar-refractivity contribution in [1.82, 2.24) is 9.97 Å². The minimum absolute atomic E-state index is 0.125. The largest absolute Gasteiger partial charge is 0.363 e. The summed E-state index contributed by atoms with van der Waals surface area (Å²) in [5, 5.41) is 5.38. The van der Waals surface area contributed by atoms with Crippen LogP contribution in [0.4, 0.5) is 11.8 Å². The number of fused-ring (bicyclic) bond motifs is 1. The van der Waals surface area contributed by atoms with Gasteiger partial charge in [0, 0.05) is 29.5 Å². The average Bonchev–Trinajstić information content (AvgIpc) is 2.69. The molecule has 3 aromatic rings. The summed E-state index contributed by atoms with van der Waals surface area (Å²) in [6, 6.07) is 16.3. The highest BCUT2D eigenvalue weighted by atomic mass is 35.5. The first-order valence-corrected chi connectivity index (χ1v) is 9.62. The number of nitrogens with zero attached hydrogens (tertiary/aromatic N) is 3.